The molecule has 0 amide bonds. The molecule has 100 valence electrons. The third-order valence-corrected chi connectivity index (χ3v) is 5.08. The maximum atomic E-state index is 4.59. The van der Waals surface area contributed by atoms with Gasteiger partial charge in [0.15, 0.2) is 0 Å². The van der Waals surface area contributed by atoms with E-state index in [9.17, 15) is 0 Å². The van der Waals surface area contributed by atoms with E-state index in [0.29, 0.717) is 4.75 Å². The molecule has 0 unspecified atom stereocenters. The number of benzene rings is 1. The van der Waals surface area contributed by atoms with Crippen LogP contribution in [-0.4, -0.2) is 27.3 Å². The Hall–Kier alpha value is -1.26. The third kappa shape index (κ3) is 3.01. The first kappa shape index (κ1) is 12.8. The standard InChI is InChI=1S/C15H19N3S/c1-19-15(8-9-15)12-16-11-13-7-10-18(17-13)14-5-3-2-4-6-14/h2-7,10,16H,8-9,11-12H2,1H3. The number of thioether (sulfide) groups is 1. The van der Waals surface area contributed by atoms with E-state index in [0.717, 1.165) is 24.5 Å². The first-order valence-electron chi connectivity index (χ1n) is 6.67. The third-order valence-electron chi connectivity index (χ3n) is 3.66. The van der Waals surface area contributed by atoms with E-state index in [1.165, 1.54) is 12.8 Å². The summed E-state index contributed by atoms with van der Waals surface area (Å²) in [6.45, 7) is 1.94. The highest BCUT2D eigenvalue weighted by atomic mass is 32.2. The molecular weight excluding hydrogens is 254 g/mol. The Kier molecular flexibility index (Phi) is 3.62. The van der Waals surface area contributed by atoms with Crippen LogP contribution in [0.15, 0.2) is 42.6 Å². The lowest BCUT2D eigenvalue weighted by Gasteiger charge is -2.11. The monoisotopic (exact) mass is 273 g/mol. The van der Waals surface area contributed by atoms with Gasteiger partial charge in [-0.15, -0.1) is 0 Å². The maximum absolute atomic E-state index is 4.59. The number of rotatable bonds is 6. The highest BCUT2D eigenvalue weighted by Gasteiger charge is 2.41. The Morgan fingerprint density at radius 1 is 1.26 bits per heavy atom. The number of nitrogens with zero attached hydrogens (tertiary/aromatic N) is 2. The van der Waals surface area contributed by atoms with Crippen LogP contribution in [0.3, 0.4) is 0 Å². The molecule has 3 rings (SSSR count). The van der Waals surface area contributed by atoms with Crippen LogP contribution in [0.25, 0.3) is 5.69 Å². The molecule has 0 aliphatic heterocycles. The van der Waals surface area contributed by atoms with Crippen molar-refractivity contribution in [2.75, 3.05) is 12.8 Å². The molecule has 4 heteroatoms. The number of hydrogen-bond acceptors (Lipinski definition) is 3. The minimum Gasteiger partial charge on any atom is -0.310 e. The van der Waals surface area contributed by atoms with Crippen molar-refractivity contribution >= 4 is 11.8 Å². The molecule has 3 nitrogen and oxygen atoms in total. The van der Waals surface area contributed by atoms with Crippen molar-refractivity contribution in [2.45, 2.75) is 24.1 Å². The van der Waals surface area contributed by atoms with Gasteiger partial charge in [0.1, 0.15) is 0 Å². The van der Waals surface area contributed by atoms with Crippen LogP contribution in [-0.2, 0) is 6.54 Å². The lowest BCUT2D eigenvalue weighted by molar-refractivity contribution is 0.646. The number of hydrogen-bond donors (Lipinski definition) is 1. The molecule has 2 aromatic rings. The van der Waals surface area contributed by atoms with E-state index in [1.807, 2.05) is 40.8 Å². The normalized spacial score (nSPS) is 16.5. The highest BCUT2D eigenvalue weighted by molar-refractivity contribution is 8.00. The summed E-state index contributed by atoms with van der Waals surface area (Å²) in [5.74, 6) is 0. The lowest BCUT2D eigenvalue weighted by atomic mass is 10.3. The summed E-state index contributed by atoms with van der Waals surface area (Å²) in [4.78, 5) is 0. The van der Waals surface area contributed by atoms with E-state index >= 15 is 0 Å². The van der Waals surface area contributed by atoms with Crippen LogP contribution in [0.5, 0.6) is 0 Å². The molecule has 1 aromatic carbocycles. The van der Waals surface area contributed by atoms with E-state index in [2.05, 4.69) is 34.9 Å². The topological polar surface area (TPSA) is 29.9 Å². The Morgan fingerprint density at radius 2 is 2.05 bits per heavy atom. The van der Waals surface area contributed by atoms with Crippen molar-refractivity contribution in [3.8, 4) is 5.69 Å². The molecular formula is C15H19N3S. The largest absolute Gasteiger partial charge is 0.310 e. The Morgan fingerprint density at radius 3 is 2.74 bits per heavy atom. The fraction of sp³-hybridized carbons (Fsp3) is 0.400. The van der Waals surface area contributed by atoms with Gasteiger partial charge in [-0.2, -0.15) is 16.9 Å². The molecule has 0 saturated heterocycles. The van der Waals surface area contributed by atoms with Crippen molar-refractivity contribution in [2.24, 2.45) is 0 Å². The van der Waals surface area contributed by atoms with Gasteiger partial charge in [0, 0.05) is 24.0 Å². The zero-order chi connectivity index (χ0) is 13.1. The molecule has 0 bridgehead atoms. The van der Waals surface area contributed by atoms with Crippen molar-refractivity contribution in [1.82, 2.24) is 15.1 Å². The molecule has 1 fully saturated rings. The van der Waals surface area contributed by atoms with Crippen LogP contribution in [0.2, 0.25) is 0 Å². The summed E-state index contributed by atoms with van der Waals surface area (Å²) >= 11 is 1.99. The minimum atomic E-state index is 0.516. The average molecular weight is 273 g/mol. The minimum absolute atomic E-state index is 0.516. The van der Waals surface area contributed by atoms with Gasteiger partial charge in [-0.25, -0.2) is 4.68 Å². The summed E-state index contributed by atoms with van der Waals surface area (Å²) in [7, 11) is 0. The predicted molar refractivity (Wildman–Crippen MR) is 80.8 cm³/mol. The first-order valence-corrected chi connectivity index (χ1v) is 7.90. The van der Waals surface area contributed by atoms with Gasteiger partial charge in [0.25, 0.3) is 0 Å². The van der Waals surface area contributed by atoms with Crippen LogP contribution in [0.4, 0.5) is 0 Å². The molecule has 19 heavy (non-hydrogen) atoms. The predicted octanol–water partition coefficient (Wildman–Crippen LogP) is 2.86. The summed E-state index contributed by atoms with van der Waals surface area (Å²) < 4.78 is 2.44. The zero-order valence-electron chi connectivity index (χ0n) is 11.2. The van der Waals surface area contributed by atoms with Gasteiger partial charge in [0.05, 0.1) is 11.4 Å². The molecule has 1 aromatic heterocycles. The molecule has 1 aliphatic rings. The summed E-state index contributed by atoms with van der Waals surface area (Å²) in [5.41, 5.74) is 2.21. The maximum Gasteiger partial charge on any atom is 0.0766 e. The van der Waals surface area contributed by atoms with Crippen LogP contribution in [0, 0.1) is 0 Å². The fourth-order valence-electron chi connectivity index (χ4n) is 2.19. The second-order valence-corrected chi connectivity index (χ2v) is 6.35. The molecule has 1 aliphatic carbocycles. The summed E-state index contributed by atoms with van der Waals surface area (Å²) in [5, 5.41) is 8.12. The molecule has 1 heterocycles. The molecule has 0 spiro atoms. The van der Waals surface area contributed by atoms with Crippen molar-refractivity contribution in [3.05, 3.63) is 48.3 Å². The van der Waals surface area contributed by atoms with Gasteiger partial charge in [-0.3, -0.25) is 0 Å². The quantitative estimate of drug-likeness (QED) is 0.877. The molecule has 1 N–H and O–H groups in total. The molecule has 0 radical (unpaired) electrons. The van der Waals surface area contributed by atoms with E-state index < -0.39 is 0 Å². The second-order valence-electron chi connectivity index (χ2n) is 5.08. The smallest absolute Gasteiger partial charge is 0.0766 e. The van der Waals surface area contributed by atoms with E-state index in [-0.39, 0.29) is 0 Å². The summed E-state index contributed by atoms with van der Waals surface area (Å²) in [6, 6.07) is 12.3. The average Bonchev–Trinajstić information content (AvgIpc) is 3.09. The van der Waals surface area contributed by atoms with Gasteiger partial charge < -0.3 is 5.32 Å². The van der Waals surface area contributed by atoms with Gasteiger partial charge in [0.2, 0.25) is 0 Å². The Balaban J connectivity index is 1.57. The number of aromatic nitrogens is 2. The Labute approximate surface area is 118 Å². The van der Waals surface area contributed by atoms with E-state index in [1.54, 1.807) is 0 Å². The molecule has 0 atom stereocenters. The zero-order valence-corrected chi connectivity index (χ0v) is 12.0. The Bertz CT molecular complexity index is 531. The van der Waals surface area contributed by atoms with Crippen molar-refractivity contribution in [3.63, 3.8) is 0 Å². The molecule has 1 saturated carbocycles. The lowest BCUT2D eigenvalue weighted by Crippen LogP contribution is -2.25. The van der Waals surface area contributed by atoms with Gasteiger partial charge >= 0.3 is 0 Å². The SMILES string of the molecule is CSC1(CNCc2ccn(-c3ccccc3)n2)CC1. The van der Waals surface area contributed by atoms with Gasteiger partial charge in [-0.1, -0.05) is 18.2 Å². The number of para-hydroxylation sites is 1. The van der Waals surface area contributed by atoms with Crippen LogP contribution < -0.4 is 5.32 Å². The fourth-order valence-corrected chi connectivity index (χ4v) is 2.95. The summed E-state index contributed by atoms with van der Waals surface area (Å²) in [6.07, 6.45) is 6.92. The first-order chi connectivity index (χ1) is 9.31. The number of nitrogens with one attached hydrogen (secondary N) is 1. The van der Waals surface area contributed by atoms with Crippen LogP contribution in [0.1, 0.15) is 18.5 Å². The van der Waals surface area contributed by atoms with E-state index in [4.69, 9.17) is 0 Å². The second kappa shape index (κ2) is 5.39. The van der Waals surface area contributed by atoms with Gasteiger partial charge in [-0.05, 0) is 37.3 Å². The van der Waals surface area contributed by atoms with Crippen LogP contribution >= 0.6 is 11.8 Å². The van der Waals surface area contributed by atoms with Crippen molar-refractivity contribution in [1.29, 1.82) is 0 Å². The highest BCUT2D eigenvalue weighted by Crippen LogP contribution is 2.46. The van der Waals surface area contributed by atoms with Crippen molar-refractivity contribution < 1.29 is 0 Å².